The van der Waals surface area contributed by atoms with Crippen LogP contribution < -0.4 is 9.64 Å². The van der Waals surface area contributed by atoms with E-state index in [4.69, 9.17) is 9.47 Å². The second-order valence-electron chi connectivity index (χ2n) is 9.01. The van der Waals surface area contributed by atoms with E-state index in [0.717, 1.165) is 38.5 Å². The highest BCUT2D eigenvalue weighted by atomic mass is 16.5. The smallest absolute Gasteiger partial charge is 0.342 e. The van der Waals surface area contributed by atoms with E-state index in [0.29, 0.717) is 18.0 Å². The normalized spacial score (nSPS) is 14.3. The van der Waals surface area contributed by atoms with Gasteiger partial charge in [0.1, 0.15) is 23.7 Å². The Morgan fingerprint density at radius 3 is 2.44 bits per heavy atom. The Morgan fingerprint density at radius 2 is 1.74 bits per heavy atom. The van der Waals surface area contributed by atoms with Crippen LogP contribution in [0.4, 0.5) is 5.82 Å². The molecule has 1 aliphatic heterocycles. The highest BCUT2D eigenvalue weighted by Crippen LogP contribution is 2.22. The van der Waals surface area contributed by atoms with Crippen LogP contribution >= 0.6 is 0 Å². The van der Waals surface area contributed by atoms with Gasteiger partial charge < -0.3 is 14.4 Å². The molecule has 0 atom stereocenters. The monoisotopic (exact) mass is 459 g/mol. The van der Waals surface area contributed by atoms with E-state index < -0.39 is 0 Å². The zero-order valence-corrected chi connectivity index (χ0v) is 20.2. The predicted molar refractivity (Wildman–Crippen MR) is 134 cm³/mol. The Balaban J connectivity index is 1.29. The van der Waals surface area contributed by atoms with Crippen molar-refractivity contribution in [2.24, 2.45) is 0 Å². The summed E-state index contributed by atoms with van der Waals surface area (Å²) >= 11 is 0. The third-order valence-electron chi connectivity index (χ3n) is 5.84. The number of benzene rings is 2. The van der Waals surface area contributed by atoms with Crippen LogP contribution in [-0.2, 0) is 17.9 Å². The van der Waals surface area contributed by atoms with Gasteiger partial charge in [0.2, 0.25) is 0 Å². The van der Waals surface area contributed by atoms with Gasteiger partial charge in [0, 0.05) is 38.9 Å². The van der Waals surface area contributed by atoms with Gasteiger partial charge in [-0.1, -0.05) is 42.0 Å². The summed E-state index contributed by atoms with van der Waals surface area (Å²) < 4.78 is 11.3. The molecule has 1 saturated heterocycles. The number of pyridine rings is 1. The van der Waals surface area contributed by atoms with E-state index in [-0.39, 0.29) is 12.1 Å². The van der Waals surface area contributed by atoms with E-state index in [1.807, 2.05) is 26.0 Å². The number of rotatable bonds is 8. The van der Waals surface area contributed by atoms with Crippen molar-refractivity contribution in [3.8, 4) is 5.75 Å². The molecule has 2 aromatic carbocycles. The summed E-state index contributed by atoms with van der Waals surface area (Å²) in [5.41, 5.74) is 4.21. The minimum Gasteiger partial charge on any atom is -0.489 e. The topological polar surface area (TPSA) is 54.9 Å². The molecule has 6 nitrogen and oxygen atoms in total. The largest absolute Gasteiger partial charge is 0.489 e. The molecule has 1 aliphatic rings. The van der Waals surface area contributed by atoms with Gasteiger partial charge in [-0.25, -0.2) is 9.78 Å². The Hall–Kier alpha value is -3.38. The second-order valence-corrected chi connectivity index (χ2v) is 9.01. The van der Waals surface area contributed by atoms with Crippen LogP contribution in [0.1, 0.15) is 40.9 Å². The number of hydrogen-bond donors (Lipinski definition) is 0. The van der Waals surface area contributed by atoms with Crippen molar-refractivity contribution in [2.45, 2.75) is 40.0 Å². The number of aromatic nitrogens is 1. The fourth-order valence-electron chi connectivity index (χ4n) is 4.12. The van der Waals surface area contributed by atoms with E-state index in [1.165, 1.54) is 16.7 Å². The molecular weight excluding hydrogens is 426 g/mol. The summed E-state index contributed by atoms with van der Waals surface area (Å²) in [7, 11) is 0. The first-order valence-electron chi connectivity index (χ1n) is 11.9. The number of hydrogen-bond acceptors (Lipinski definition) is 6. The summed E-state index contributed by atoms with van der Waals surface area (Å²) in [4.78, 5) is 21.6. The van der Waals surface area contributed by atoms with Crippen LogP contribution in [0.2, 0.25) is 0 Å². The van der Waals surface area contributed by atoms with Crippen molar-refractivity contribution in [3.05, 3.63) is 89.1 Å². The predicted octanol–water partition coefficient (Wildman–Crippen LogP) is 4.86. The first-order chi connectivity index (χ1) is 16.5. The molecule has 0 unspecified atom stereocenters. The van der Waals surface area contributed by atoms with E-state index >= 15 is 0 Å². The first kappa shape index (κ1) is 23.8. The Morgan fingerprint density at radius 1 is 0.971 bits per heavy atom. The van der Waals surface area contributed by atoms with Gasteiger partial charge in [0.05, 0.1) is 6.10 Å². The van der Waals surface area contributed by atoms with Gasteiger partial charge in [-0.3, -0.25) is 4.90 Å². The van der Waals surface area contributed by atoms with Gasteiger partial charge in [-0.05, 0) is 56.2 Å². The van der Waals surface area contributed by atoms with Gasteiger partial charge in [0.15, 0.2) is 0 Å². The molecule has 0 aliphatic carbocycles. The summed E-state index contributed by atoms with van der Waals surface area (Å²) in [6.07, 6.45) is 1.58. The molecule has 4 rings (SSSR count). The molecule has 0 saturated carbocycles. The van der Waals surface area contributed by atoms with Crippen LogP contribution in [-0.4, -0.2) is 48.1 Å². The molecule has 2 heterocycles. The van der Waals surface area contributed by atoms with Crippen LogP contribution in [0.3, 0.4) is 0 Å². The number of anilines is 1. The molecule has 1 aromatic heterocycles. The van der Waals surface area contributed by atoms with Gasteiger partial charge in [-0.2, -0.15) is 0 Å². The highest BCUT2D eigenvalue weighted by molar-refractivity contribution is 5.94. The van der Waals surface area contributed by atoms with Crippen LogP contribution in [0.15, 0.2) is 66.9 Å². The summed E-state index contributed by atoms with van der Waals surface area (Å²) in [6, 6.07) is 20.3. The molecule has 0 bridgehead atoms. The average Bonchev–Trinajstić information content (AvgIpc) is 2.84. The lowest BCUT2D eigenvalue weighted by Crippen LogP contribution is -2.46. The van der Waals surface area contributed by atoms with Crippen LogP contribution in [0.25, 0.3) is 0 Å². The van der Waals surface area contributed by atoms with E-state index in [2.05, 4.69) is 58.1 Å². The lowest BCUT2D eigenvalue weighted by atomic mass is 10.1. The Labute approximate surface area is 202 Å². The van der Waals surface area contributed by atoms with E-state index in [9.17, 15) is 4.79 Å². The van der Waals surface area contributed by atoms with Gasteiger partial charge in [-0.15, -0.1) is 0 Å². The molecule has 1 fully saturated rings. The number of piperazine rings is 1. The fraction of sp³-hybridized carbons (Fsp3) is 0.357. The number of aryl methyl sites for hydroxylation is 1. The quantitative estimate of drug-likeness (QED) is 0.449. The zero-order chi connectivity index (χ0) is 23.9. The summed E-state index contributed by atoms with van der Waals surface area (Å²) in [5, 5.41) is 0. The molecule has 6 heteroatoms. The van der Waals surface area contributed by atoms with Crippen molar-refractivity contribution in [1.82, 2.24) is 9.88 Å². The molecule has 0 N–H and O–H groups in total. The zero-order valence-electron chi connectivity index (χ0n) is 20.2. The van der Waals surface area contributed by atoms with Gasteiger partial charge >= 0.3 is 5.97 Å². The number of ether oxygens (including phenoxy) is 2. The Bertz CT molecular complexity index is 1090. The summed E-state index contributed by atoms with van der Waals surface area (Å²) in [5.74, 6) is 1.28. The SMILES string of the molecule is Cc1cccc(COc2ccc(CN3CCN(c4ncccc4C(=O)OC(C)C)CC3)cc2)c1. The minimum absolute atomic E-state index is 0.156. The average molecular weight is 460 g/mol. The van der Waals surface area contributed by atoms with Crippen molar-refractivity contribution >= 4 is 11.8 Å². The molecule has 0 amide bonds. The third-order valence-corrected chi connectivity index (χ3v) is 5.84. The third kappa shape index (κ3) is 6.35. The maximum absolute atomic E-state index is 12.5. The maximum Gasteiger partial charge on any atom is 0.342 e. The van der Waals surface area contributed by atoms with Crippen LogP contribution in [0.5, 0.6) is 5.75 Å². The number of carbonyl (C=O) groups excluding carboxylic acids is 1. The standard InChI is InChI=1S/C28H33N3O3/c1-21(2)34-28(32)26-8-5-13-29-27(26)31-16-14-30(15-17-31)19-23-9-11-25(12-10-23)33-20-24-7-4-6-22(3)18-24/h4-13,18,21H,14-17,19-20H2,1-3H3. The fourth-order valence-corrected chi connectivity index (χ4v) is 4.12. The van der Waals surface area contributed by atoms with Gasteiger partial charge in [0.25, 0.3) is 0 Å². The summed E-state index contributed by atoms with van der Waals surface area (Å²) in [6.45, 7) is 10.7. The van der Waals surface area contributed by atoms with E-state index in [1.54, 1.807) is 18.3 Å². The molecule has 34 heavy (non-hydrogen) atoms. The number of carbonyl (C=O) groups is 1. The van der Waals surface area contributed by atoms with Crippen LogP contribution in [0, 0.1) is 6.92 Å². The number of esters is 1. The lowest BCUT2D eigenvalue weighted by Gasteiger charge is -2.36. The molecule has 0 spiro atoms. The maximum atomic E-state index is 12.5. The molecular formula is C28H33N3O3. The first-order valence-corrected chi connectivity index (χ1v) is 11.9. The Kier molecular flexibility index (Phi) is 7.80. The minimum atomic E-state index is -0.315. The van der Waals surface area contributed by atoms with Crippen molar-refractivity contribution in [3.63, 3.8) is 0 Å². The molecule has 3 aromatic rings. The van der Waals surface area contributed by atoms with Crippen molar-refractivity contribution in [1.29, 1.82) is 0 Å². The highest BCUT2D eigenvalue weighted by Gasteiger charge is 2.23. The van der Waals surface area contributed by atoms with Crippen molar-refractivity contribution < 1.29 is 14.3 Å². The lowest BCUT2D eigenvalue weighted by molar-refractivity contribution is 0.0378. The van der Waals surface area contributed by atoms with Crippen molar-refractivity contribution in [2.75, 3.05) is 31.1 Å². The molecule has 178 valence electrons. The number of nitrogens with zero attached hydrogens (tertiary/aromatic N) is 3. The molecule has 0 radical (unpaired) electrons. The second kappa shape index (κ2) is 11.2.